The molecule has 1 saturated heterocycles. The average Bonchev–Trinajstić information content (AvgIpc) is 3.38. The van der Waals surface area contributed by atoms with Crippen LogP contribution in [0.2, 0.25) is 0 Å². The van der Waals surface area contributed by atoms with Gasteiger partial charge in [-0.1, -0.05) is 6.42 Å². The largest absolute Gasteiger partial charge is 0.373 e. The Hall–Kier alpha value is -1.24. The summed E-state index contributed by atoms with van der Waals surface area (Å²) in [6.45, 7) is 1.87. The van der Waals surface area contributed by atoms with Crippen molar-refractivity contribution >= 4 is 18.3 Å². The summed E-state index contributed by atoms with van der Waals surface area (Å²) in [6.07, 6.45) is 7.20. The number of hydrogen-bond donors (Lipinski definition) is 1. The van der Waals surface area contributed by atoms with Crippen LogP contribution >= 0.6 is 12.4 Å². The number of nitrogens with zero attached hydrogens (tertiary/aromatic N) is 2. The number of methoxy groups -OCH3 is 1. The van der Waals surface area contributed by atoms with Gasteiger partial charge in [-0.25, -0.2) is 9.37 Å². The number of primary amides is 1. The summed E-state index contributed by atoms with van der Waals surface area (Å²) in [5, 5.41) is 0. The van der Waals surface area contributed by atoms with Crippen LogP contribution in [0.3, 0.4) is 0 Å². The number of fused-ring (bicyclic) bond motifs is 2. The molecule has 2 saturated carbocycles. The lowest BCUT2D eigenvalue weighted by atomic mass is 9.62. The van der Waals surface area contributed by atoms with Gasteiger partial charge in [0, 0.05) is 49.8 Å². The highest BCUT2D eigenvalue weighted by Crippen LogP contribution is 2.53. The molecule has 0 spiro atoms. The zero-order chi connectivity index (χ0) is 16.9. The zero-order valence-electron chi connectivity index (χ0n) is 14.4. The van der Waals surface area contributed by atoms with Gasteiger partial charge in [-0.15, -0.1) is 12.4 Å². The third-order valence-corrected chi connectivity index (χ3v) is 6.17. The minimum Gasteiger partial charge on any atom is -0.373 e. The molecule has 2 aliphatic carbocycles. The second-order valence-electron chi connectivity index (χ2n) is 7.39. The van der Waals surface area contributed by atoms with Crippen LogP contribution in [0.15, 0.2) is 12.3 Å². The highest BCUT2D eigenvalue weighted by Gasteiger charge is 2.56. The van der Waals surface area contributed by atoms with Gasteiger partial charge >= 0.3 is 0 Å². The number of rotatable bonds is 4. The molecule has 2 unspecified atom stereocenters. The van der Waals surface area contributed by atoms with Crippen molar-refractivity contribution in [1.29, 1.82) is 0 Å². The van der Waals surface area contributed by atoms with Crippen LogP contribution in [0.25, 0.3) is 0 Å². The predicted molar refractivity (Wildman–Crippen MR) is 94.1 cm³/mol. The molecule has 138 valence electrons. The number of amides is 1. The third kappa shape index (κ3) is 2.84. The topological polar surface area (TPSA) is 68.5 Å². The van der Waals surface area contributed by atoms with E-state index in [2.05, 4.69) is 9.88 Å². The maximum atomic E-state index is 15.1. The van der Waals surface area contributed by atoms with Crippen LogP contribution in [0.5, 0.6) is 0 Å². The molecule has 0 radical (unpaired) electrons. The standard InChI is InChI=1S/C18H24FN3O2.ClH/c1-24-18(14-7-8-21-16(15(14)19)17(20)23)11-3-2-4-12(18)10-22(9-11)13-5-6-13;/h7-8,11-13H,2-6,9-10H2,1H3,(H2,20,23);1H. The molecule has 2 heterocycles. The Bertz CT molecular complexity index is 654. The lowest BCUT2D eigenvalue weighted by Gasteiger charge is -2.55. The van der Waals surface area contributed by atoms with Crippen LogP contribution in [0, 0.1) is 17.7 Å². The molecule has 3 fully saturated rings. The van der Waals surface area contributed by atoms with E-state index >= 15 is 4.39 Å². The molecule has 5 nitrogen and oxygen atoms in total. The van der Waals surface area contributed by atoms with Gasteiger partial charge in [0.15, 0.2) is 11.5 Å². The first-order valence-electron chi connectivity index (χ1n) is 8.82. The van der Waals surface area contributed by atoms with Crippen molar-refractivity contribution in [2.75, 3.05) is 20.2 Å². The molecule has 2 N–H and O–H groups in total. The van der Waals surface area contributed by atoms with Gasteiger partial charge in [0.05, 0.1) is 0 Å². The van der Waals surface area contributed by atoms with Gasteiger partial charge in [0.25, 0.3) is 5.91 Å². The molecular weight excluding hydrogens is 345 g/mol. The van der Waals surface area contributed by atoms with Gasteiger partial charge in [0.2, 0.25) is 0 Å². The summed E-state index contributed by atoms with van der Waals surface area (Å²) in [5.41, 5.74) is 4.79. The molecule has 4 rings (SSSR count). The van der Waals surface area contributed by atoms with E-state index in [1.807, 2.05) is 0 Å². The number of hydrogen-bond acceptors (Lipinski definition) is 4. The monoisotopic (exact) mass is 369 g/mol. The summed E-state index contributed by atoms with van der Waals surface area (Å²) in [4.78, 5) is 17.9. The van der Waals surface area contributed by atoms with E-state index in [4.69, 9.17) is 10.5 Å². The Morgan fingerprint density at radius 1 is 1.32 bits per heavy atom. The first-order valence-corrected chi connectivity index (χ1v) is 8.82. The first kappa shape index (κ1) is 18.5. The maximum absolute atomic E-state index is 15.1. The van der Waals surface area contributed by atoms with Crippen LogP contribution in [-0.2, 0) is 10.3 Å². The fourth-order valence-electron chi connectivity index (χ4n) is 5.01. The number of carbonyl (C=O) groups excluding carboxylic acids is 1. The van der Waals surface area contributed by atoms with E-state index in [1.54, 1.807) is 13.2 Å². The number of carbonyl (C=O) groups is 1. The summed E-state index contributed by atoms with van der Waals surface area (Å²) in [5.74, 6) is -0.980. The van der Waals surface area contributed by atoms with E-state index in [1.165, 1.54) is 19.0 Å². The summed E-state index contributed by atoms with van der Waals surface area (Å²) < 4.78 is 21.1. The Kier molecular flexibility index (Phi) is 5.06. The van der Waals surface area contributed by atoms with Gasteiger partial charge in [-0.05, 0) is 31.7 Å². The molecule has 2 atom stereocenters. The number of nitrogens with two attached hydrogens (primary N) is 1. The van der Waals surface area contributed by atoms with Crippen molar-refractivity contribution in [3.63, 3.8) is 0 Å². The molecule has 3 aliphatic rings. The Balaban J connectivity index is 0.00000182. The van der Waals surface area contributed by atoms with Crippen molar-refractivity contribution < 1.29 is 13.9 Å². The Labute approximate surface area is 153 Å². The lowest BCUT2D eigenvalue weighted by Crippen LogP contribution is -2.59. The van der Waals surface area contributed by atoms with Crippen molar-refractivity contribution in [3.05, 3.63) is 29.3 Å². The molecule has 1 aliphatic heterocycles. The lowest BCUT2D eigenvalue weighted by molar-refractivity contribution is -0.171. The fraction of sp³-hybridized carbons (Fsp3) is 0.667. The normalized spacial score (nSPS) is 32.1. The molecule has 0 aromatic carbocycles. The fourth-order valence-corrected chi connectivity index (χ4v) is 5.01. The number of halogens is 2. The SMILES string of the molecule is COC1(c2ccnc(C(N)=O)c2F)C2CCCC1CN(C1CC1)C2.Cl. The number of pyridine rings is 1. The van der Waals surface area contributed by atoms with E-state index in [9.17, 15) is 4.79 Å². The molecule has 7 heteroatoms. The Morgan fingerprint density at radius 2 is 1.96 bits per heavy atom. The number of piperidine rings is 1. The van der Waals surface area contributed by atoms with Crippen LogP contribution in [0.1, 0.15) is 48.2 Å². The second kappa shape index (κ2) is 6.82. The zero-order valence-corrected chi connectivity index (χ0v) is 15.2. The predicted octanol–water partition coefficient (Wildman–Crippen LogP) is 2.48. The van der Waals surface area contributed by atoms with Crippen molar-refractivity contribution in [3.8, 4) is 0 Å². The molecule has 1 aromatic rings. The van der Waals surface area contributed by atoms with Gasteiger partial charge in [-0.3, -0.25) is 9.69 Å². The van der Waals surface area contributed by atoms with Gasteiger partial charge in [0.1, 0.15) is 5.60 Å². The van der Waals surface area contributed by atoms with E-state index in [0.29, 0.717) is 11.6 Å². The summed E-state index contributed by atoms with van der Waals surface area (Å²) in [6, 6.07) is 2.37. The molecule has 1 amide bonds. The second-order valence-corrected chi connectivity index (χ2v) is 7.39. The summed E-state index contributed by atoms with van der Waals surface area (Å²) in [7, 11) is 1.67. The van der Waals surface area contributed by atoms with Crippen molar-refractivity contribution in [2.24, 2.45) is 17.6 Å². The van der Waals surface area contributed by atoms with Gasteiger partial charge < -0.3 is 10.5 Å². The van der Waals surface area contributed by atoms with Crippen LogP contribution < -0.4 is 5.73 Å². The maximum Gasteiger partial charge on any atom is 0.270 e. The highest BCUT2D eigenvalue weighted by molar-refractivity contribution is 5.91. The molecule has 25 heavy (non-hydrogen) atoms. The van der Waals surface area contributed by atoms with Gasteiger partial charge in [-0.2, -0.15) is 0 Å². The molecule has 1 aromatic heterocycles. The summed E-state index contributed by atoms with van der Waals surface area (Å²) >= 11 is 0. The van der Waals surface area contributed by atoms with Crippen LogP contribution in [0.4, 0.5) is 4.39 Å². The minimum absolute atomic E-state index is 0. The van der Waals surface area contributed by atoms with E-state index < -0.39 is 17.3 Å². The highest BCUT2D eigenvalue weighted by atomic mass is 35.5. The number of likely N-dealkylation sites (tertiary alicyclic amines) is 1. The minimum atomic E-state index is -0.832. The first-order chi connectivity index (χ1) is 11.6. The van der Waals surface area contributed by atoms with Crippen molar-refractivity contribution in [1.82, 2.24) is 9.88 Å². The quantitative estimate of drug-likeness (QED) is 0.885. The van der Waals surface area contributed by atoms with E-state index in [-0.39, 0.29) is 29.9 Å². The molecular formula is C18H25ClFN3O2. The third-order valence-electron chi connectivity index (χ3n) is 6.17. The number of ether oxygens (including phenoxy) is 1. The number of aromatic nitrogens is 1. The van der Waals surface area contributed by atoms with Crippen molar-refractivity contribution in [2.45, 2.75) is 43.7 Å². The van der Waals surface area contributed by atoms with Crippen LogP contribution in [-0.4, -0.2) is 42.0 Å². The average molecular weight is 370 g/mol. The van der Waals surface area contributed by atoms with E-state index in [0.717, 1.165) is 32.4 Å². The molecule has 2 bridgehead atoms. The Morgan fingerprint density at radius 3 is 2.48 bits per heavy atom. The smallest absolute Gasteiger partial charge is 0.270 e.